The molecule has 0 bridgehead atoms. The van der Waals surface area contributed by atoms with Crippen LogP contribution in [0.4, 0.5) is 5.69 Å². The van der Waals surface area contributed by atoms with Crippen molar-refractivity contribution in [1.29, 1.82) is 0 Å². The third-order valence-corrected chi connectivity index (χ3v) is 1.55. The Balaban J connectivity index is 3.33. The number of nitrogens with zero attached hydrogens (tertiary/aromatic N) is 2. The van der Waals surface area contributed by atoms with E-state index in [0.717, 1.165) is 6.07 Å². The summed E-state index contributed by atoms with van der Waals surface area (Å²) < 4.78 is 0. The lowest BCUT2D eigenvalue weighted by Crippen LogP contribution is -1.95. The van der Waals surface area contributed by atoms with Gasteiger partial charge in [-0.3, -0.25) is 10.1 Å². The van der Waals surface area contributed by atoms with Gasteiger partial charge in [0.25, 0.3) is 5.69 Å². The van der Waals surface area contributed by atoms with Crippen molar-refractivity contribution in [2.75, 3.05) is 0 Å². The van der Waals surface area contributed by atoms with Crippen LogP contribution in [0.25, 0.3) is 0 Å². The first kappa shape index (κ1) is 8.45. The van der Waals surface area contributed by atoms with Crippen molar-refractivity contribution in [2.24, 2.45) is 0 Å². The molecule has 0 spiro atoms. The van der Waals surface area contributed by atoms with Gasteiger partial charge in [-0.05, 0) is 13.8 Å². The molecule has 0 aliphatic heterocycles. The molecule has 5 nitrogen and oxygen atoms in total. The highest BCUT2D eigenvalue weighted by molar-refractivity contribution is 5.42. The van der Waals surface area contributed by atoms with Crippen LogP contribution in [-0.4, -0.2) is 15.0 Å². The van der Waals surface area contributed by atoms with Gasteiger partial charge in [0.1, 0.15) is 11.4 Å². The Kier molecular flexibility index (Phi) is 1.95. The second kappa shape index (κ2) is 2.77. The SMILES string of the molecule is Cc1nc(C)c([N+](=O)[O-])cc1O. The molecule has 0 saturated carbocycles. The number of aryl methyl sites for hydroxylation is 2. The minimum absolute atomic E-state index is 0.146. The Hall–Kier alpha value is -1.65. The summed E-state index contributed by atoms with van der Waals surface area (Å²) >= 11 is 0. The zero-order chi connectivity index (χ0) is 9.30. The average molecular weight is 168 g/mol. The fraction of sp³-hybridized carbons (Fsp3) is 0.286. The third kappa shape index (κ3) is 1.34. The number of aromatic hydroxyl groups is 1. The van der Waals surface area contributed by atoms with E-state index >= 15 is 0 Å². The molecular formula is C7H8N2O3. The zero-order valence-electron chi connectivity index (χ0n) is 6.74. The average Bonchev–Trinajstić information content (AvgIpc) is 1.96. The highest BCUT2D eigenvalue weighted by Crippen LogP contribution is 2.23. The van der Waals surface area contributed by atoms with Crippen molar-refractivity contribution < 1.29 is 10.0 Å². The largest absolute Gasteiger partial charge is 0.506 e. The van der Waals surface area contributed by atoms with E-state index in [0.29, 0.717) is 11.4 Å². The van der Waals surface area contributed by atoms with Crippen molar-refractivity contribution in [2.45, 2.75) is 13.8 Å². The first-order valence-corrected chi connectivity index (χ1v) is 3.34. The number of nitro groups is 1. The molecule has 5 heteroatoms. The molecule has 0 aliphatic rings. The summed E-state index contributed by atoms with van der Waals surface area (Å²) in [4.78, 5) is 13.6. The number of pyridine rings is 1. The molecule has 1 aromatic rings. The van der Waals surface area contributed by atoms with E-state index in [1.807, 2.05) is 0 Å². The summed E-state index contributed by atoms with van der Waals surface area (Å²) in [5.41, 5.74) is 0.562. The van der Waals surface area contributed by atoms with Gasteiger partial charge < -0.3 is 5.11 Å². The summed E-state index contributed by atoms with van der Waals surface area (Å²) in [6.45, 7) is 3.12. The van der Waals surface area contributed by atoms with Gasteiger partial charge in [-0.25, -0.2) is 4.98 Å². The summed E-state index contributed by atoms with van der Waals surface area (Å²) in [7, 11) is 0. The monoisotopic (exact) mass is 168 g/mol. The van der Waals surface area contributed by atoms with Gasteiger partial charge in [-0.1, -0.05) is 0 Å². The lowest BCUT2D eigenvalue weighted by Gasteiger charge is -1.99. The van der Waals surface area contributed by atoms with Crippen molar-refractivity contribution in [3.05, 3.63) is 27.6 Å². The Bertz CT molecular complexity index is 336. The van der Waals surface area contributed by atoms with Crippen molar-refractivity contribution >= 4 is 5.69 Å². The molecule has 0 fully saturated rings. The smallest absolute Gasteiger partial charge is 0.294 e. The van der Waals surface area contributed by atoms with Gasteiger partial charge >= 0.3 is 0 Å². The summed E-state index contributed by atoms with van der Waals surface area (Å²) in [5.74, 6) is -0.146. The van der Waals surface area contributed by atoms with Crippen LogP contribution < -0.4 is 0 Å². The molecule has 0 amide bonds. The lowest BCUT2D eigenvalue weighted by atomic mass is 10.2. The van der Waals surface area contributed by atoms with E-state index < -0.39 is 4.92 Å². The van der Waals surface area contributed by atoms with E-state index in [9.17, 15) is 10.1 Å². The standard InChI is InChI=1S/C7H8N2O3/c1-4-6(9(11)12)3-7(10)5(2)8-4/h3,10H,1-2H3. The minimum atomic E-state index is -0.568. The number of hydrogen-bond donors (Lipinski definition) is 1. The highest BCUT2D eigenvalue weighted by Gasteiger charge is 2.13. The fourth-order valence-corrected chi connectivity index (χ4v) is 0.889. The normalized spacial score (nSPS) is 9.83. The summed E-state index contributed by atoms with van der Waals surface area (Å²) in [5, 5.41) is 19.4. The van der Waals surface area contributed by atoms with Gasteiger partial charge in [-0.15, -0.1) is 0 Å². The van der Waals surface area contributed by atoms with Crippen LogP contribution in [0, 0.1) is 24.0 Å². The maximum atomic E-state index is 10.3. The van der Waals surface area contributed by atoms with Crippen LogP contribution in [0.15, 0.2) is 6.07 Å². The lowest BCUT2D eigenvalue weighted by molar-refractivity contribution is -0.385. The van der Waals surface area contributed by atoms with Crippen LogP contribution in [0.2, 0.25) is 0 Å². The molecule has 1 rings (SSSR count). The predicted octanol–water partition coefficient (Wildman–Crippen LogP) is 1.31. The quantitative estimate of drug-likeness (QED) is 0.506. The molecule has 0 aliphatic carbocycles. The molecule has 0 saturated heterocycles. The second-order valence-corrected chi connectivity index (χ2v) is 2.45. The van der Waals surface area contributed by atoms with E-state index in [1.165, 1.54) is 6.92 Å². The Morgan fingerprint density at radius 2 is 2.08 bits per heavy atom. The first-order chi connectivity index (χ1) is 5.52. The maximum absolute atomic E-state index is 10.3. The topological polar surface area (TPSA) is 76.3 Å². The molecule has 1 N–H and O–H groups in total. The Morgan fingerprint density at radius 1 is 1.50 bits per heavy atom. The van der Waals surface area contributed by atoms with E-state index in [1.54, 1.807) is 6.92 Å². The molecule has 64 valence electrons. The van der Waals surface area contributed by atoms with Crippen LogP contribution in [-0.2, 0) is 0 Å². The van der Waals surface area contributed by atoms with Gasteiger partial charge in [-0.2, -0.15) is 0 Å². The Morgan fingerprint density at radius 3 is 2.58 bits per heavy atom. The molecule has 1 aromatic heterocycles. The minimum Gasteiger partial charge on any atom is -0.506 e. The first-order valence-electron chi connectivity index (χ1n) is 3.34. The molecule has 0 aromatic carbocycles. The summed E-state index contributed by atoms with van der Waals surface area (Å²) in [6, 6.07) is 1.11. The van der Waals surface area contributed by atoms with Crippen molar-refractivity contribution in [3.63, 3.8) is 0 Å². The van der Waals surface area contributed by atoms with Crippen molar-refractivity contribution in [3.8, 4) is 5.75 Å². The van der Waals surface area contributed by atoms with Gasteiger partial charge in [0.05, 0.1) is 16.7 Å². The molecule has 0 radical (unpaired) electrons. The fourth-order valence-electron chi connectivity index (χ4n) is 0.889. The van der Waals surface area contributed by atoms with Crippen LogP contribution >= 0.6 is 0 Å². The van der Waals surface area contributed by atoms with Gasteiger partial charge in [0, 0.05) is 0 Å². The third-order valence-electron chi connectivity index (χ3n) is 1.55. The molecule has 0 atom stereocenters. The predicted molar refractivity (Wildman–Crippen MR) is 42.0 cm³/mol. The Labute approximate surface area is 68.8 Å². The van der Waals surface area contributed by atoms with E-state index in [4.69, 9.17) is 5.11 Å². The highest BCUT2D eigenvalue weighted by atomic mass is 16.6. The zero-order valence-corrected chi connectivity index (χ0v) is 6.74. The second-order valence-electron chi connectivity index (χ2n) is 2.45. The van der Waals surface area contributed by atoms with E-state index in [2.05, 4.69) is 4.98 Å². The van der Waals surface area contributed by atoms with Crippen LogP contribution in [0.3, 0.4) is 0 Å². The van der Waals surface area contributed by atoms with Gasteiger partial charge in [0.2, 0.25) is 0 Å². The van der Waals surface area contributed by atoms with Crippen LogP contribution in [0.1, 0.15) is 11.4 Å². The number of hydrogen-bond acceptors (Lipinski definition) is 4. The molecule has 12 heavy (non-hydrogen) atoms. The van der Waals surface area contributed by atoms with Gasteiger partial charge in [0.15, 0.2) is 0 Å². The molecular weight excluding hydrogens is 160 g/mol. The van der Waals surface area contributed by atoms with E-state index in [-0.39, 0.29) is 11.4 Å². The maximum Gasteiger partial charge on any atom is 0.294 e. The van der Waals surface area contributed by atoms with Crippen LogP contribution in [0.5, 0.6) is 5.75 Å². The molecule has 0 unspecified atom stereocenters. The summed E-state index contributed by atoms with van der Waals surface area (Å²) in [6.07, 6.45) is 0. The van der Waals surface area contributed by atoms with Crippen molar-refractivity contribution in [1.82, 2.24) is 4.98 Å². The number of rotatable bonds is 1. The molecule has 1 heterocycles. The number of aromatic nitrogens is 1.